The summed E-state index contributed by atoms with van der Waals surface area (Å²) in [6.07, 6.45) is -3.76. The number of aliphatic imine (C=N–C) groups is 1. The van der Waals surface area contributed by atoms with Gasteiger partial charge in [0.2, 0.25) is 6.41 Å². The van der Waals surface area contributed by atoms with E-state index >= 15 is 0 Å². The number of alkyl halides is 3. The Morgan fingerprint density at radius 1 is 1.13 bits per heavy atom. The van der Waals surface area contributed by atoms with E-state index < -0.39 is 24.2 Å². The summed E-state index contributed by atoms with van der Waals surface area (Å²) in [7, 11) is 1.49. The minimum atomic E-state index is -5.19. The number of hydroxylamine groups is 2. The summed E-state index contributed by atoms with van der Waals surface area (Å²) in [6, 6.07) is 10.2. The van der Waals surface area contributed by atoms with Gasteiger partial charge in [-0.25, -0.2) is 4.79 Å². The number of hydrogen-bond acceptors (Lipinski definition) is 9. The summed E-state index contributed by atoms with van der Waals surface area (Å²) in [6.45, 7) is 10.3. The number of benzene rings is 2. The second kappa shape index (κ2) is 16.7. The van der Waals surface area contributed by atoms with E-state index in [-0.39, 0.29) is 18.4 Å². The quantitative estimate of drug-likeness (QED) is 0.346. The molecular weight excluding hydrogens is 617 g/mol. The van der Waals surface area contributed by atoms with E-state index in [1.54, 1.807) is 54.3 Å². The van der Waals surface area contributed by atoms with Crippen molar-refractivity contribution in [2.45, 2.75) is 45.5 Å². The minimum absolute atomic E-state index is 0.0642. The van der Waals surface area contributed by atoms with E-state index in [9.17, 15) is 22.8 Å². The van der Waals surface area contributed by atoms with Crippen LogP contribution in [0.2, 0.25) is 5.02 Å². The Kier molecular flexibility index (Phi) is 13.3. The summed E-state index contributed by atoms with van der Waals surface area (Å²) in [4.78, 5) is 35.8. The third-order valence-electron chi connectivity index (χ3n) is 7.15. The molecule has 2 heterocycles. The van der Waals surface area contributed by atoms with Gasteiger partial charge in [0.05, 0.1) is 31.9 Å². The van der Waals surface area contributed by atoms with Gasteiger partial charge in [-0.3, -0.25) is 14.7 Å². The first-order chi connectivity index (χ1) is 21.4. The average Bonchev–Trinajstić information content (AvgIpc) is 3.34. The molecule has 4 rings (SSSR count). The molecule has 1 fully saturated rings. The normalized spacial score (nSPS) is 18.7. The molecule has 2 unspecified atom stereocenters. The van der Waals surface area contributed by atoms with Crippen molar-refractivity contribution in [2.24, 2.45) is 10.9 Å². The molecular formula is C31H40ClF3N4O6. The van der Waals surface area contributed by atoms with Crippen LogP contribution < -0.4 is 9.47 Å². The Morgan fingerprint density at radius 2 is 1.80 bits per heavy atom. The molecule has 14 heteroatoms. The molecule has 2 atom stereocenters. The summed E-state index contributed by atoms with van der Waals surface area (Å²) in [5.74, 6) is -1.26. The molecule has 0 saturated carbocycles. The predicted molar refractivity (Wildman–Crippen MR) is 163 cm³/mol. The monoisotopic (exact) mass is 656 g/mol. The fraction of sp³-hybridized carbons (Fsp3) is 0.516. The third-order valence-corrected chi connectivity index (χ3v) is 7.40. The number of halogens is 4. The lowest BCUT2D eigenvalue weighted by molar-refractivity contribution is -0.230. The minimum Gasteiger partial charge on any atom is -0.497 e. The van der Waals surface area contributed by atoms with Crippen LogP contribution in [0.3, 0.4) is 0 Å². The van der Waals surface area contributed by atoms with Crippen LogP contribution >= 0.6 is 11.6 Å². The maximum atomic E-state index is 13.2. The lowest BCUT2D eigenvalue weighted by Gasteiger charge is -2.31. The van der Waals surface area contributed by atoms with Crippen molar-refractivity contribution in [3.63, 3.8) is 0 Å². The first-order valence-corrected chi connectivity index (χ1v) is 15.0. The topological polar surface area (TPSA) is 104 Å². The molecule has 2 aromatic rings. The van der Waals surface area contributed by atoms with Crippen molar-refractivity contribution >= 4 is 29.8 Å². The van der Waals surface area contributed by atoms with Gasteiger partial charge in [-0.2, -0.15) is 18.2 Å². The Hall–Kier alpha value is -3.55. The molecule has 248 valence electrons. The number of amidine groups is 1. The highest BCUT2D eigenvalue weighted by Crippen LogP contribution is 2.40. The van der Waals surface area contributed by atoms with Gasteiger partial charge >= 0.3 is 12.1 Å². The van der Waals surface area contributed by atoms with Gasteiger partial charge < -0.3 is 24.3 Å². The van der Waals surface area contributed by atoms with Gasteiger partial charge in [0, 0.05) is 43.8 Å². The second-order valence-corrected chi connectivity index (χ2v) is 11.3. The van der Waals surface area contributed by atoms with Gasteiger partial charge in [-0.1, -0.05) is 37.6 Å². The smallest absolute Gasteiger partial charge is 0.493 e. The van der Waals surface area contributed by atoms with Crippen LogP contribution in [0, 0.1) is 5.92 Å². The van der Waals surface area contributed by atoms with Crippen LogP contribution in [0.5, 0.6) is 11.5 Å². The van der Waals surface area contributed by atoms with Crippen molar-refractivity contribution in [3.05, 3.63) is 58.6 Å². The lowest BCUT2D eigenvalue weighted by Crippen LogP contribution is -2.46. The molecule has 45 heavy (non-hydrogen) atoms. The van der Waals surface area contributed by atoms with E-state index in [1.807, 2.05) is 13.8 Å². The summed E-state index contributed by atoms with van der Waals surface area (Å²) >= 11 is 6.02. The van der Waals surface area contributed by atoms with Crippen molar-refractivity contribution in [3.8, 4) is 11.5 Å². The molecule has 0 bridgehead atoms. The standard InChI is InChI=1S/C24H26ClF3N2O4.C7H14N2O2/c1-5-33-20-13-17(32-4)10-11-18(20)22-29-19(12-14(2)3)21(15-6-8-16(25)9-7-15)30(22)34-23(31)24(26,27)28;10-6-5-8-1-3-9(7-11)4-2-8/h6-11,13-14,19,21H,5,12H2,1-4H3;7,10H,1-6H2. The number of β-amino-alcohol motifs (C(OH)–C–C–N with tert-alkyl or cyclic N) is 1. The van der Waals surface area contributed by atoms with Gasteiger partial charge in [-0.05, 0) is 49.1 Å². The van der Waals surface area contributed by atoms with Crippen LogP contribution in [0.25, 0.3) is 0 Å². The molecule has 2 aliphatic rings. The molecule has 10 nitrogen and oxygen atoms in total. The fourth-order valence-electron chi connectivity index (χ4n) is 5.01. The van der Waals surface area contributed by atoms with Crippen molar-refractivity contribution in [2.75, 3.05) is 53.0 Å². The van der Waals surface area contributed by atoms with Crippen molar-refractivity contribution in [1.82, 2.24) is 14.9 Å². The van der Waals surface area contributed by atoms with E-state index in [2.05, 4.69) is 4.90 Å². The molecule has 1 amide bonds. The molecule has 0 spiro atoms. The van der Waals surface area contributed by atoms with Crippen molar-refractivity contribution in [1.29, 1.82) is 0 Å². The van der Waals surface area contributed by atoms with Crippen LogP contribution in [-0.2, 0) is 14.4 Å². The van der Waals surface area contributed by atoms with Crippen LogP contribution in [0.4, 0.5) is 13.2 Å². The van der Waals surface area contributed by atoms with Crippen LogP contribution in [0.15, 0.2) is 47.5 Å². The van der Waals surface area contributed by atoms with E-state index in [0.29, 0.717) is 40.7 Å². The highest BCUT2D eigenvalue weighted by molar-refractivity contribution is 6.30. The zero-order valence-electron chi connectivity index (χ0n) is 25.8. The Labute approximate surface area is 266 Å². The van der Waals surface area contributed by atoms with Gasteiger partial charge in [0.25, 0.3) is 0 Å². The second-order valence-electron chi connectivity index (χ2n) is 10.9. The summed E-state index contributed by atoms with van der Waals surface area (Å²) in [5, 5.41) is 10.0. The lowest BCUT2D eigenvalue weighted by atomic mass is 9.93. The Morgan fingerprint density at radius 3 is 2.33 bits per heavy atom. The first kappa shape index (κ1) is 35.9. The first-order valence-electron chi connectivity index (χ1n) is 14.7. The number of carbonyl (C=O) groups is 2. The Balaban J connectivity index is 0.000000423. The number of hydrogen-bond donors (Lipinski definition) is 1. The maximum Gasteiger partial charge on any atom is 0.493 e. The number of aliphatic hydroxyl groups is 1. The zero-order chi connectivity index (χ0) is 33.1. The van der Waals surface area contributed by atoms with Crippen LogP contribution in [0.1, 0.15) is 44.4 Å². The van der Waals surface area contributed by atoms with Crippen molar-refractivity contribution < 1.29 is 42.2 Å². The molecule has 1 N–H and O–H groups in total. The number of ether oxygens (including phenoxy) is 2. The number of rotatable bonds is 11. The fourth-order valence-corrected chi connectivity index (χ4v) is 5.13. The molecule has 1 saturated heterocycles. The van der Waals surface area contributed by atoms with E-state index in [4.69, 9.17) is 36.0 Å². The number of nitrogens with zero attached hydrogens (tertiary/aromatic N) is 4. The largest absolute Gasteiger partial charge is 0.497 e. The van der Waals surface area contributed by atoms with Gasteiger partial charge in [0.1, 0.15) is 17.5 Å². The highest BCUT2D eigenvalue weighted by atomic mass is 35.5. The number of piperazine rings is 1. The van der Waals surface area contributed by atoms with E-state index in [0.717, 1.165) is 44.2 Å². The summed E-state index contributed by atoms with van der Waals surface area (Å²) in [5.41, 5.74) is 0.984. The molecule has 2 aromatic carbocycles. The van der Waals surface area contributed by atoms with Gasteiger partial charge in [-0.15, -0.1) is 0 Å². The summed E-state index contributed by atoms with van der Waals surface area (Å²) < 4.78 is 50.6. The number of amides is 1. The zero-order valence-corrected chi connectivity index (χ0v) is 26.6. The molecule has 0 aliphatic carbocycles. The Bertz CT molecular complexity index is 1290. The van der Waals surface area contributed by atoms with E-state index in [1.165, 1.54) is 7.11 Å². The number of methoxy groups -OCH3 is 1. The van der Waals surface area contributed by atoms with Gasteiger partial charge in [0.15, 0.2) is 5.84 Å². The number of aliphatic hydroxyl groups excluding tert-OH is 1. The SMILES string of the molecule is CCOc1cc(OC)ccc1C1=NC(CC(C)C)C(c2ccc(Cl)cc2)N1OC(=O)C(F)(F)F.O=CN1CCN(CCO)CC1. The maximum absolute atomic E-state index is 13.2. The highest BCUT2D eigenvalue weighted by Gasteiger charge is 2.48. The molecule has 0 radical (unpaired) electrons. The average molecular weight is 657 g/mol. The third kappa shape index (κ3) is 9.97. The van der Waals surface area contributed by atoms with Crippen LogP contribution in [-0.4, -0.2) is 103 Å². The molecule has 0 aromatic heterocycles. The predicted octanol–water partition coefficient (Wildman–Crippen LogP) is 4.74. The molecule has 2 aliphatic heterocycles. The number of carbonyl (C=O) groups excluding carboxylic acids is 2.